The van der Waals surface area contributed by atoms with E-state index in [0.29, 0.717) is 42.0 Å². The van der Waals surface area contributed by atoms with Gasteiger partial charge in [0.2, 0.25) is 0 Å². The lowest BCUT2D eigenvalue weighted by Gasteiger charge is -2.12. The lowest BCUT2D eigenvalue weighted by atomic mass is 10.1. The molecule has 0 atom stereocenters. The van der Waals surface area contributed by atoms with Gasteiger partial charge >= 0.3 is 0 Å². The number of carbonyl (C=O) groups excluding carboxylic acids is 1. The second-order valence-electron chi connectivity index (χ2n) is 4.66. The molecule has 2 aromatic rings. The summed E-state index contributed by atoms with van der Waals surface area (Å²) < 4.78 is 6.51. The summed E-state index contributed by atoms with van der Waals surface area (Å²) in [4.78, 5) is 23.8. The summed E-state index contributed by atoms with van der Waals surface area (Å²) in [5.74, 6) is 1.10. The van der Waals surface area contributed by atoms with E-state index in [4.69, 9.17) is 27.9 Å². The van der Waals surface area contributed by atoms with Crippen molar-refractivity contribution in [1.82, 2.24) is 4.57 Å². The summed E-state index contributed by atoms with van der Waals surface area (Å²) in [7, 11) is 1.57. The van der Waals surface area contributed by atoms with Crippen molar-refractivity contribution in [1.29, 1.82) is 0 Å². The highest BCUT2D eigenvalue weighted by Gasteiger charge is 2.14. The third-order valence-corrected chi connectivity index (χ3v) is 4.02. The second-order valence-corrected chi connectivity index (χ2v) is 5.42. The number of hydrogen-bond donors (Lipinski definition) is 0. The van der Waals surface area contributed by atoms with Gasteiger partial charge in [-0.2, -0.15) is 0 Å². The first-order chi connectivity index (χ1) is 10.6. The number of aromatic nitrogens is 1. The molecule has 0 spiro atoms. The number of ether oxygens (including phenoxy) is 1. The molecule has 0 saturated heterocycles. The molecule has 4 nitrogen and oxygen atoms in total. The lowest BCUT2D eigenvalue weighted by Crippen LogP contribution is -2.23. The molecule has 1 aromatic carbocycles. The van der Waals surface area contributed by atoms with E-state index >= 15 is 0 Å². The number of nitrogens with zero attached hydrogens (tertiary/aromatic N) is 1. The van der Waals surface area contributed by atoms with E-state index in [2.05, 4.69) is 0 Å². The zero-order valence-electron chi connectivity index (χ0n) is 12.0. The highest BCUT2D eigenvalue weighted by atomic mass is 35.5. The number of alkyl halides is 1. The molecule has 0 amide bonds. The van der Waals surface area contributed by atoms with Crippen molar-refractivity contribution in [3.63, 3.8) is 0 Å². The largest absolute Gasteiger partial charge is 0.497 e. The minimum Gasteiger partial charge on any atom is -0.497 e. The van der Waals surface area contributed by atoms with Crippen LogP contribution in [0.1, 0.15) is 22.3 Å². The quantitative estimate of drug-likeness (QED) is 0.597. The number of benzene rings is 1. The maximum atomic E-state index is 12.6. The molecule has 116 valence electrons. The molecule has 22 heavy (non-hydrogen) atoms. The first kappa shape index (κ1) is 16.6. The first-order valence-electron chi connectivity index (χ1n) is 6.72. The van der Waals surface area contributed by atoms with E-state index in [-0.39, 0.29) is 16.1 Å². The molecule has 0 aliphatic rings. The molecule has 0 aliphatic carbocycles. The van der Waals surface area contributed by atoms with Crippen LogP contribution < -0.4 is 10.3 Å². The summed E-state index contributed by atoms with van der Waals surface area (Å²) in [6.45, 7) is 0. The third kappa shape index (κ3) is 3.34. The number of methoxy groups -OCH3 is 1. The number of pyridine rings is 1. The molecule has 0 radical (unpaired) electrons. The molecule has 0 N–H and O–H groups in total. The monoisotopic (exact) mass is 339 g/mol. The second kappa shape index (κ2) is 7.47. The fourth-order valence-corrected chi connectivity index (χ4v) is 2.55. The fourth-order valence-electron chi connectivity index (χ4n) is 2.14. The van der Waals surface area contributed by atoms with Gasteiger partial charge in [-0.15, -0.1) is 11.6 Å². The smallest absolute Gasteiger partial charge is 0.259 e. The Kier molecular flexibility index (Phi) is 5.63. The SMILES string of the molecule is COc1ccc(-n2cc(C=O)c(Cl)c(CCCCl)c2=O)cc1. The summed E-state index contributed by atoms with van der Waals surface area (Å²) >= 11 is 11.8. The van der Waals surface area contributed by atoms with Crippen molar-refractivity contribution >= 4 is 29.5 Å². The molecule has 0 saturated carbocycles. The Morgan fingerprint density at radius 2 is 1.95 bits per heavy atom. The summed E-state index contributed by atoms with van der Waals surface area (Å²) in [6.07, 6.45) is 3.14. The van der Waals surface area contributed by atoms with E-state index in [9.17, 15) is 9.59 Å². The highest BCUT2D eigenvalue weighted by molar-refractivity contribution is 6.33. The number of rotatable bonds is 6. The minimum atomic E-state index is -0.245. The number of aldehydes is 1. The Morgan fingerprint density at radius 3 is 2.50 bits per heavy atom. The average Bonchev–Trinajstić information content (AvgIpc) is 2.55. The van der Waals surface area contributed by atoms with Gasteiger partial charge in [0.05, 0.1) is 17.7 Å². The van der Waals surface area contributed by atoms with Crippen LogP contribution in [0.4, 0.5) is 0 Å². The predicted octanol–water partition coefficient (Wildman–Crippen LogP) is 3.48. The Hall–Kier alpha value is -1.78. The Morgan fingerprint density at radius 1 is 1.27 bits per heavy atom. The van der Waals surface area contributed by atoms with Crippen LogP contribution in [0.3, 0.4) is 0 Å². The lowest BCUT2D eigenvalue weighted by molar-refractivity contribution is 0.112. The normalized spacial score (nSPS) is 10.5. The predicted molar refractivity (Wildman–Crippen MR) is 88.0 cm³/mol. The molecule has 0 unspecified atom stereocenters. The molecule has 2 rings (SSSR count). The van der Waals surface area contributed by atoms with E-state index in [1.54, 1.807) is 31.4 Å². The standard InChI is InChI=1S/C16H15Cl2NO3/c1-22-13-6-4-12(5-7-13)19-9-11(10-20)15(18)14(16(19)21)3-2-8-17/h4-7,9-10H,2-3,8H2,1H3. The van der Waals surface area contributed by atoms with Crippen LogP contribution in [0.15, 0.2) is 35.3 Å². The van der Waals surface area contributed by atoms with Gasteiger partial charge in [0.25, 0.3) is 5.56 Å². The van der Waals surface area contributed by atoms with Gasteiger partial charge in [-0.1, -0.05) is 11.6 Å². The van der Waals surface area contributed by atoms with Crippen LogP contribution in [-0.4, -0.2) is 23.8 Å². The van der Waals surface area contributed by atoms with E-state index < -0.39 is 0 Å². The number of hydrogen-bond acceptors (Lipinski definition) is 3. The van der Waals surface area contributed by atoms with E-state index in [1.807, 2.05) is 0 Å². The van der Waals surface area contributed by atoms with Crippen molar-refractivity contribution in [2.75, 3.05) is 13.0 Å². The van der Waals surface area contributed by atoms with Crippen LogP contribution in [0.5, 0.6) is 5.75 Å². The molecular formula is C16H15Cl2NO3. The fraction of sp³-hybridized carbons (Fsp3) is 0.250. The zero-order chi connectivity index (χ0) is 16.1. The zero-order valence-corrected chi connectivity index (χ0v) is 13.5. The van der Waals surface area contributed by atoms with E-state index in [1.165, 1.54) is 10.8 Å². The summed E-state index contributed by atoms with van der Waals surface area (Å²) in [5, 5.41) is 0.204. The van der Waals surface area contributed by atoms with Gasteiger partial charge in [0.15, 0.2) is 6.29 Å². The number of halogens is 2. The molecule has 1 heterocycles. The van der Waals surface area contributed by atoms with Gasteiger partial charge in [-0.25, -0.2) is 0 Å². The molecule has 0 bridgehead atoms. The molecular weight excluding hydrogens is 325 g/mol. The topological polar surface area (TPSA) is 48.3 Å². The highest BCUT2D eigenvalue weighted by Crippen LogP contribution is 2.21. The Labute approximate surface area is 138 Å². The number of carbonyl (C=O) groups is 1. The summed E-state index contributed by atoms with van der Waals surface area (Å²) in [5.41, 5.74) is 1.08. The summed E-state index contributed by atoms with van der Waals surface area (Å²) in [6, 6.07) is 6.98. The van der Waals surface area contributed by atoms with Gasteiger partial charge in [-0.05, 0) is 37.1 Å². The van der Waals surface area contributed by atoms with Crippen LogP contribution in [0, 0.1) is 0 Å². The van der Waals surface area contributed by atoms with Crippen molar-refractivity contribution in [3.05, 3.63) is 57.0 Å². The van der Waals surface area contributed by atoms with Crippen LogP contribution in [0.25, 0.3) is 5.69 Å². The van der Waals surface area contributed by atoms with Crippen molar-refractivity contribution in [2.45, 2.75) is 12.8 Å². The van der Waals surface area contributed by atoms with Gasteiger partial charge in [0.1, 0.15) is 5.75 Å². The van der Waals surface area contributed by atoms with Gasteiger partial charge in [0, 0.05) is 23.3 Å². The minimum absolute atomic E-state index is 0.204. The Balaban J connectivity index is 2.59. The maximum absolute atomic E-state index is 12.6. The van der Waals surface area contributed by atoms with Crippen LogP contribution in [-0.2, 0) is 6.42 Å². The van der Waals surface area contributed by atoms with Gasteiger partial charge in [-0.3, -0.25) is 14.2 Å². The molecule has 1 aromatic heterocycles. The molecule has 0 fully saturated rings. The van der Waals surface area contributed by atoms with Crippen LogP contribution in [0.2, 0.25) is 5.02 Å². The van der Waals surface area contributed by atoms with Crippen molar-refractivity contribution < 1.29 is 9.53 Å². The van der Waals surface area contributed by atoms with Crippen LogP contribution >= 0.6 is 23.2 Å². The van der Waals surface area contributed by atoms with Crippen molar-refractivity contribution in [2.24, 2.45) is 0 Å². The van der Waals surface area contributed by atoms with Crippen molar-refractivity contribution in [3.8, 4) is 11.4 Å². The average molecular weight is 340 g/mol. The van der Waals surface area contributed by atoms with E-state index in [0.717, 1.165) is 0 Å². The third-order valence-electron chi connectivity index (χ3n) is 3.30. The van der Waals surface area contributed by atoms with Gasteiger partial charge < -0.3 is 4.74 Å². The molecule has 6 heteroatoms. The first-order valence-corrected chi connectivity index (χ1v) is 7.63. The molecule has 0 aliphatic heterocycles. The Bertz CT molecular complexity index is 723. The maximum Gasteiger partial charge on any atom is 0.259 e.